The Morgan fingerprint density at radius 3 is 2.29 bits per heavy atom. The van der Waals surface area contributed by atoms with E-state index in [1.807, 2.05) is 26.0 Å². The minimum atomic E-state index is -3.79. The first kappa shape index (κ1) is 21.6. The molecule has 0 bridgehead atoms. The second-order valence-electron chi connectivity index (χ2n) is 6.58. The summed E-state index contributed by atoms with van der Waals surface area (Å²) in [6, 6.07) is 9.39. The molecule has 0 saturated heterocycles. The normalized spacial score (nSPS) is 12.2. The van der Waals surface area contributed by atoms with Gasteiger partial charge < -0.3 is 14.8 Å². The van der Waals surface area contributed by atoms with Crippen molar-refractivity contribution in [3.63, 3.8) is 0 Å². The molecule has 2 rings (SSSR count). The van der Waals surface area contributed by atoms with Gasteiger partial charge in [-0.15, -0.1) is 0 Å². The molecule has 1 N–H and O–H groups in total. The molecule has 2 aromatic rings. The molecule has 0 heterocycles. The lowest BCUT2D eigenvalue weighted by Crippen LogP contribution is -2.45. The van der Waals surface area contributed by atoms with Crippen LogP contribution in [0.3, 0.4) is 0 Å². The Morgan fingerprint density at radius 1 is 1.07 bits per heavy atom. The molecule has 0 aliphatic carbocycles. The number of rotatable bonds is 7. The van der Waals surface area contributed by atoms with Gasteiger partial charge in [-0.1, -0.05) is 17.7 Å². The maximum Gasteiger partial charge on any atom is 0.248 e. The predicted molar refractivity (Wildman–Crippen MR) is 111 cm³/mol. The van der Waals surface area contributed by atoms with Crippen molar-refractivity contribution in [1.82, 2.24) is 0 Å². The van der Waals surface area contributed by atoms with E-state index in [-0.39, 0.29) is 5.69 Å². The molecule has 0 aliphatic heterocycles. The molecule has 1 amide bonds. The summed E-state index contributed by atoms with van der Waals surface area (Å²) >= 11 is 0. The monoisotopic (exact) mass is 406 g/mol. The number of methoxy groups -OCH3 is 2. The minimum absolute atomic E-state index is 0.229. The van der Waals surface area contributed by atoms with Gasteiger partial charge in [0.15, 0.2) is 0 Å². The van der Waals surface area contributed by atoms with Crippen LogP contribution in [0.2, 0.25) is 0 Å². The Hall–Kier alpha value is -2.74. The number of aryl methyl sites for hydroxylation is 2. The van der Waals surface area contributed by atoms with E-state index < -0.39 is 22.0 Å². The number of ether oxygens (including phenoxy) is 2. The summed E-state index contributed by atoms with van der Waals surface area (Å²) in [7, 11) is -0.876. The van der Waals surface area contributed by atoms with E-state index in [9.17, 15) is 13.2 Å². The molecule has 28 heavy (non-hydrogen) atoms. The molecule has 0 fully saturated rings. The smallest absolute Gasteiger partial charge is 0.248 e. The molecule has 2 aromatic carbocycles. The molecule has 0 aromatic heterocycles. The molecule has 0 saturated carbocycles. The van der Waals surface area contributed by atoms with Gasteiger partial charge in [0.05, 0.1) is 26.2 Å². The molecule has 0 spiro atoms. The number of anilines is 2. The SMILES string of the molecule is COc1ccc(OC)c(N([C@@H](C)C(=O)Nc2ccc(C)cc2C)S(C)(=O)=O)c1. The van der Waals surface area contributed by atoms with E-state index in [4.69, 9.17) is 9.47 Å². The highest BCUT2D eigenvalue weighted by Crippen LogP contribution is 2.35. The maximum atomic E-state index is 12.9. The number of nitrogens with zero attached hydrogens (tertiary/aromatic N) is 1. The quantitative estimate of drug-likeness (QED) is 0.764. The molecular formula is C20H26N2O5S. The Bertz CT molecular complexity index is 973. The lowest BCUT2D eigenvalue weighted by Gasteiger charge is -2.29. The number of nitrogens with one attached hydrogen (secondary N) is 1. The van der Waals surface area contributed by atoms with Gasteiger partial charge in [0.2, 0.25) is 15.9 Å². The lowest BCUT2D eigenvalue weighted by molar-refractivity contribution is -0.116. The fourth-order valence-corrected chi connectivity index (χ4v) is 4.11. The van der Waals surface area contributed by atoms with Gasteiger partial charge in [-0.3, -0.25) is 9.10 Å². The predicted octanol–water partition coefficient (Wildman–Crippen LogP) is 3.11. The molecule has 0 aliphatic rings. The summed E-state index contributed by atoms with van der Waals surface area (Å²) in [4.78, 5) is 12.9. The first-order chi connectivity index (χ1) is 13.1. The third-order valence-electron chi connectivity index (χ3n) is 4.35. The van der Waals surface area contributed by atoms with Gasteiger partial charge in [0, 0.05) is 11.8 Å². The van der Waals surface area contributed by atoms with E-state index in [1.165, 1.54) is 27.2 Å². The van der Waals surface area contributed by atoms with Crippen LogP contribution >= 0.6 is 0 Å². The largest absolute Gasteiger partial charge is 0.497 e. The standard InChI is InChI=1S/C20H26N2O5S/c1-13-7-9-17(14(2)11-13)21-20(23)15(3)22(28(6,24)25)18-12-16(26-4)8-10-19(18)27-5/h7-12,15H,1-6H3,(H,21,23)/t15-/m0/s1. The van der Waals surface area contributed by atoms with Crippen molar-refractivity contribution in [3.05, 3.63) is 47.5 Å². The first-order valence-corrected chi connectivity index (χ1v) is 10.5. The van der Waals surface area contributed by atoms with Crippen LogP contribution in [0.4, 0.5) is 11.4 Å². The van der Waals surface area contributed by atoms with Gasteiger partial charge >= 0.3 is 0 Å². The summed E-state index contributed by atoms with van der Waals surface area (Å²) in [5.41, 5.74) is 2.83. The van der Waals surface area contributed by atoms with Crippen molar-refractivity contribution < 1.29 is 22.7 Å². The highest BCUT2D eigenvalue weighted by atomic mass is 32.2. The number of carbonyl (C=O) groups is 1. The van der Waals surface area contributed by atoms with E-state index >= 15 is 0 Å². The zero-order valence-electron chi connectivity index (χ0n) is 16.9. The summed E-state index contributed by atoms with van der Waals surface area (Å²) in [5, 5.41) is 2.81. The average molecular weight is 407 g/mol. The summed E-state index contributed by atoms with van der Waals surface area (Å²) in [6.07, 6.45) is 1.05. The Kier molecular flexibility index (Phi) is 6.56. The number of sulfonamides is 1. The Balaban J connectivity index is 2.45. The zero-order valence-corrected chi connectivity index (χ0v) is 17.8. The van der Waals surface area contributed by atoms with Crippen LogP contribution in [0, 0.1) is 13.8 Å². The molecule has 1 atom stereocenters. The number of hydrogen-bond donors (Lipinski definition) is 1. The van der Waals surface area contributed by atoms with Crippen LogP contribution in [0.15, 0.2) is 36.4 Å². The summed E-state index contributed by atoms with van der Waals surface area (Å²) < 4.78 is 36.7. The van der Waals surface area contributed by atoms with Crippen LogP contribution < -0.4 is 19.1 Å². The van der Waals surface area contributed by atoms with Crippen LogP contribution in [0.5, 0.6) is 11.5 Å². The van der Waals surface area contributed by atoms with Gasteiger partial charge in [0.1, 0.15) is 17.5 Å². The second-order valence-corrected chi connectivity index (χ2v) is 8.44. The topological polar surface area (TPSA) is 84.9 Å². The maximum absolute atomic E-state index is 12.9. The Morgan fingerprint density at radius 2 is 1.75 bits per heavy atom. The lowest BCUT2D eigenvalue weighted by atomic mass is 10.1. The first-order valence-electron chi connectivity index (χ1n) is 8.68. The van der Waals surface area contributed by atoms with Crippen LogP contribution in [0.1, 0.15) is 18.1 Å². The minimum Gasteiger partial charge on any atom is -0.497 e. The van der Waals surface area contributed by atoms with Crippen molar-refractivity contribution >= 4 is 27.3 Å². The number of benzene rings is 2. The van der Waals surface area contributed by atoms with Crippen molar-refractivity contribution in [1.29, 1.82) is 0 Å². The van der Waals surface area contributed by atoms with E-state index in [2.05, 4.69) is 5.32 Å². The molecule has 0 radical (unpaired) electrons. The highest BCUT2D eigenvalue weighted by molar-refractivity contribution is 7.92. The second kappa shape index (κ2) is 8.52. The van der Waals surface area contributed by atoms with Gasteiger partial charge in [-0.2, -0.15) is 0 Å². The Labute approximate surface area is 166 Å². The van der Waals surface area contributed by atoms with Gasteiger partial charge in [0.25, 0.3) is 0 Å². The third kappa shape index (κ3) is 4.75. The van der Waals surface area contributed by atoms with E-state index in [1.54, 1.807) is 18.2 Å². The molecular weight excluding hydrogens is 380 g/mol. The molecule has 152 valence electrons. The number of carbonyl (C=O) groups excluding carboxylic acids is 1. The van der Waals surface area contributed by atoms with Crippen molar-refractivity contribution in [2.24, 2.45) is 0 Å². The summed E-state index contributed by atoms with van der Waals surface area (Å²) in [5.74, 6) is 0.311. The molecule has 7 nitrogen and oxygen atoms in total. The average Bonchev–Trinajstić information content (AvgIpc) is 2.62. The zero-order chi connectivity index (χ0) is 21.1. The van der Waals surface area contributed by atoms with Crippen LogP contribution in [-0.2, 0) is 14.8 Å². The summed E-state index contributed by atoms with van der Waals surface area (Å²) in [6.45, 7) is 5.37. The van der Waals surface area contributed by atoms with Gasteiger partial charge in [-0.25, -0.2) is 8.42 Å². The van der Waals surface area contributed by atoms with Crippen molar-refractivity contribution in [2.75, 3.05) is 30.1 Å². The third-order valence-corrected chi connectivity index (χ3v) is 5.58. The van der Waals surface area contributed by atoms with Crippen molar-refractivity contribution in [3.8, 4) is 11.5 Å². The molecule has 0 unspecified atom stereocenters. The fourth-order valence-electron chi connectivity index (χ4n) is 2.94. The fraction of sp³-hybridized carbons (Fsp3) is 0.350. The number of amides is 1. The van der Waals surface area contributed by atoms with Crippen molar-refractivity contribution in [2.45, 2.75) is 26.8 Å². The van der Waals surface area contributed by atoms with Gasteiger partial charge in [-0.05, 0) is 44.5 Å². The van der Waals surface area contributed by atoms with E-state index in [0.717, 1.165) is 21.7 Å². The van der Waals surface area contributed by atoms with E-state index in [0.29, 0.717) is 17.2 Å². The number of hydrogen-bond acceptors (Lipinski definition) is 5. The van der Waals surface area contributed by atoms with Crippen LogP contribution in [0.25, 0.3) is 0 Å². The van der Waals surface area contributed by atoms with Crippen LogP contribution in [-0.4, -0.2) is 40.8 Å². The molecule has 8 heteroatoms. The highest BCUT2D eigenvalue weighted by Gasteiger charge is 2.32.